The highest BCUT2D eigenvalue weighted by atomic mass is 32.1. The third-order valence-electron chi connectivity index (χ3n) is 3.27. The second-order valence-corrected chi connectivity index (χ2v) is 5.26. The van der Waals surface area contributed by atoms with Gasteiger partial charge in [0, 0.05) is 19.3 Å². The molecule has 21 heavy (non-hydrogen) atoms. The van der Waals surface area contributed by atoms with Crippen LogP contribution in [0.15, 0.2) is 42.6 Å². The van der Waals surface area contributed by atoms with Crippen molar-refractivity contribution in [3.63, 3.8) is 0 Å². The van der Waals surface area contributed by atoms with Crippen LogP contribution in [-0.2, 0) is 6.54 Å². The van der Waals surface area contributed by atoms with Crippen LogP contribution in [0, 0.1) is 6.92 Å². The minimum absolute atomic E-state index is 0.0409. The molecule has 110 valence electrons. The number of benzene rings is 1. The molecule has 0 atom stereocenters. The SMILES string of the molecule is Cc1ccnc(N(CCO)Cc2ccccc2)c1C(N)=S. The zero-order chi connectivity index (χ0) is 15.2. The third kappa shape index (κ3) is 3.77. The summed E-state index contributed by atoms with van der Waals surface area (Å²) in [6.07, 6.45) is 1.74. The molecule has 1 aromatic heterocycles. The quantitative estimate of drug-likeness (QED) is 0.799. The molecular weight excluding hydrogens is 282 g/mol. The molecule has 1 aromatic carbocycles. The first kappa shape index (κ1) is 15.4. The molecule has 0 amide bonds. The van der Waals surface area contributed by atoms with Crippen LogP contribution in [-0.4, -0.2) is 28.2 Å². The summed E-state index contributed by atoms with van der Waals surface area (Å²) < 4.78 is 0. The fourth-order valence-corrected chi connectivity index (χ4v) is 2.52. The van der Waals surface area contributed by atoms with Crippen molar-refractivity contribution in [2.75, 3.05) is 18.1 Å². The highest BCUT2D eigenvalue weighted by molar-refractivity contribution is 7.80. The number of pyridine rings is 1. The van der Waals surface area contributed by atoms with E-state index in [1.807, 2.05) is 48.2 Å². The lowest BCUT2D eigenvalue weighted by molar-refractivity contribution is 0.301. The fraction of sp³-hybridized carbons (Fsp3) is 0.250. The van der Waals surface area contributed by atoms with Gasteiger partial charge in [0.25, 0.3) is 0 Å². The maximum absolute atomic E-state index is 9.34. The van der Waals surface area contributed by atoms with E-state index in [0.29, 0.717) is 18.1 Å². The van der Waals surface area contributed by atoms with E-state index in [-0.39, 0.29) is 6.61 Å². The number of aliphatic hydroxyl groups is 1. The molecule has 0 fully saturated rings. The summed E-state index contributed by atoms with van der Waals surface area (Å²) in [5.74, 6) is 0.723. The van der Waals surface area contributed by atoms with E-state index in [4.69, 9.17) is 18.0 Å². The van der Waals surface area contributed by atoms with Crippen LogP contribution >= 0.6 is 12.2 Å². The summed E-state index contributed by atoms with van der Waals surface area (Å²) in [6, 6.07) is 11.9. The van der Waals surface area contributed by atoms with Crippen molar-refractivity contribution in [3.05, 3.63) is 59.3 Å². The predicted octanol–water partition coefficient (Wildman–Crippen LogP) is 2.02. The van der Waals surface area contributed by atoms with E-state index < -0.39 is 0 Å². The Hall–Kier alpha value is -1.98. The molecule has 0 aliphatic heterocycles. The van der Waals surface area contributed by atoms with Gasteiger partial charge in [-0.1, -0.05) is 42.5 Å². The van der Waals surface area contributed by atoms with Gasteiger partial charge in [0.1, 0.15) is 10.8 Å². The van der Waals surface area contributed by atoms with Gasteiger partial charge in [-0.2, -0.15) is 0 Å². The second-order valence-electron chi connectivity index (χ2n) is 4.82. The summed E-state index contributed by atoms with van der Waals surface area (Å²) in [5.41, 5.74) is 8.75. The number of anilines is 1. The number of aliphatic hydroxyl groups excluding tert-OH is 1. The number of nitrogens with zero attached hydrogens (tertiary/aromatic N) is 2. The molecule has 0 aliphatic rings. The molecule has 0 unspecified atom stereocenters. The molecule has 0 saturated heterocycles. The van der Waals surface area contributed by atoms with Gasteiger partial charge in [-0.15, -0.1) is 0 Å². The van der Waals surface area contributed by atoms with Crippen molar-refractivity contribution < 1.29 is 5.11 Å². The van der Waals surface area contributed by atoms with E-state index in [1.165, 1.54) is 0 Å². The Kier molecular flexibility index (Phi) is 5.25. The van der Waals surface area contributed by atoms with Gasteiger partial charge >= 0.3 is 0 Å². The number of aryl methyl sites for hydroxylation is 1. The van der Waals surface area contributed by atoms with Crippen LogP contribution in [0.3, 0.4) is 0 Å². The maximum atomic E-state index is 9.34. The largest absolute Gasteiger partial charge is 0.395 e. The van der Waals surface area contributed by atoms with Crippen molar-refractivity contribution in [1.82, 2.24) is 4.98 Å². The molecule has 3 N–H and O–H groups in total. The molecule has 2 rings (SSSR count). The predicted molar refractivity (Wildman–Crippen MR) is 89.4 cm³/mol. The number of nitrogens with two attached hydrogens (primary N) is 1. The molecule has 1 heterocycles. The highest BCUT2D eigenvalue weighted by Gasteiger charge is 2.16. The van der Waals surface area contributed by atoms with Crippen LogP contribution < -0.4 is 10.6 Å². The van der Waals surface area contributed by atoms with Gasteiger partial charge in [0.05, 0.1) is 12.2 Å². The number of hydrogen-bond donors (Lipinski definition) is 2. The van der Waals surface area contributed by atoms with Crippen molar-refractivity contribution in [3.8, 4) is 0 Å². The average Bonchev–Trinajstić information content (AvgIpc) is 2.47. The molecule has 0 bridgehead atoms. The number of rotatable bonds is 6. The number of aromatic nitrogens is 1. The minimum Gasteiger partial charge on any atom is -0.395 e. The summed E-state index contributed by atoms with van der Waals surface area (Å²) in [4.78, 5) is 6.75. The standard InChI is InChI=1S/C16H19N3OS/c1-12-7-8-18-16(14(12)15(17)21)19(9-10-20)11-13-5-3-2-4-6-13/h2-8,20H,9-11H2,1H3,(H2,17,21). The van der Waals surface area contributed by atoms with Crippen molar-refractivity contribution in [2.24, 2.45) is 5.73 Å². The van der Waals surface area contributed by atoms with Crippen LogP contribution in [0.2, 0.25) is 0 Å². The van der Waals surface area contributed by atoms with Crippen molar-refractivity contribution in [2.45, 2.75) is 13.5 Å². The first-order valence-electron chi connectivity index (χ1n) is 6.78. The second kappa shape index (κ2) is 7.15. The van der Waals surface area contributed by atoms with Gasteiger partial charge in [-0.05, 0) is 24.1 Å². The van der Waals surface area contributed by atoms with Gasteiger partial charge in [0.15, 0.2) is 0 Å². The van der Waals surface area contributed by atoms with E-state index in [2.05, 4.69) is 4.98 Å². The Morgan fingerprint density at radius 3 is 2.62 bits per heavy atom. The minimum atomic E-state index is 0.0409. The zero-order valence-corrected chi connectivity index (χ0v) is 12.8. The van der Waals surface area contributed by atoms with Crippen LogP contribution in [0.25, 0.3) is 0 Å². The molecular formula is C16H19N3OS. The van der Waals surface area contributed by atoms with E-state index >= 15 is 0 Å². The molecule has 4 nitrogen and oxygen atoms in total. The molecule has 0 aliphatic carbocycles. The zero-order valence-electron chi connectivity index (χ0n) is 12.0. The molecule has 5 heteroatoms. The van der Waals surface area contributed by atoms with Gasteiger partial charge in [-0.25, -0.2) is 4.98 Å². The third-order valence-corrected chi connectivity index (χ3v) is 3.48. The number of hydrogen-bond acceptors (Lipinski definition) is 4. The monoisotopic (exact) mass is 301 g/mol. The normalized spacial score (nSPS) is 10.4. The Bertz CT molecular complexity index is 616. The van der Waals surface area contributed by atoms with Crippen LogP contribution in [0.1, 0.15) is 16.7 Å². The smallest absolute Gasteiger partial charge is 0.139 e. The molecule has 0 spiro atoms. The maximum Gasteiger partial charge on any atom is 0.139 e. The van der Waals surface area contributed by atoms with E-state index in [0.717, 1.165) is 22.5 Å². The van der Waals surface area contributed by atoms with E-state index in [1.54, 1.807) is 6.20 Å². The molecule has 0 radical (unpaired) electrons. The summed E-state index contributed by atoms with van der Waals surface area (Å²) in [5, 5.41) is 9.34. The summed E-state index contributed by atoms with van der Waals surface area (Å²) >= 11 is 5.15. The molecule has 2 aromatic rings. The highest BCUT2D eigenvalue weighted by Crippen LogP contribution is 2.22. The van der Waals surface area contributed by atoms with Gasteiger partial charge in [-0.3, -0.25) is 0 Å². The lowest BCUT2D eigenvalue weighted by Gasteiger charge is -2.25. The molecule has 0 saturated carbocycles. The Balaban J connectivity index is 2.39. The Morgan fingerprint density at radius 2 is 2.00 bits per heavy atom. The van der Waals surface area contributed by atoms with Crippen molar-refractivity contribution in [1.29, 1.82) is 0 Å². The van der Waals surface area contributed by atoms with Crippen LogP contribution in [0.4, 0.5) is 5.82 Å². The average molecular weight is 301 g/mol. The fourth-order valence-electron chi connectivity index (χ4n) is 2.27. The van der Waals surface area contributed by atoms with Crippen molar-refractivity contribution >= 4 is 23.0 Å². The Labute approximate surface area is 130 Å². The van der Waals surface area contributed by atoms with Crippen LogP contribution in [0.5, 0.6) is 0 Å². The topological polar surface area (TPSA) is 62.4 Å². The van der Waals surface area contributed by atoms with Gasteiger partial charge in [0.2, 0.25) is 0 Å². The van der Waals surface area contributed by atoms with Gasteiger partial charge < -0.3 is 15.7 Å². The van der Waals surface area contributed by atoms with E-state index in [9.17, 15) is 5.11 Å². The first-order valence-corrected chi connectivity index (χ1v) is 7.19. The lowest BCUT2D eigenvalue weighted by Crippen LogP contribution is -2.30. The summed E-state index contributed by atoms with van der Waals surface area (Å²) in [6.45, 7) is 3.12. The number of thiocarbonyl (C=S) groups is 1. The summed E-state index contributed by atoms with van der Waals surface area (Å²) in [7, 11) is 0. The first-order chi connectivity index (χ1) is 10.1. The Morgan fingerprint density at radius 1 is 1.29 bits per heavy atom. The lowest BCUT2D eigenvalue weighted by atomic mass is 10.1.